The standard InChI is InChI=1S/C16H26FN3O/c1-21-16-5-4-14(12-15(16)17)13-20-9-3-8-19(10-11-20)7-2-6-18/h4-5,12H,2-3,6-11,13,18H2,1H3. The van der Waals surface area contributed by atoms with Crippen molar-refractivity contribution in [2.24, 2.45) is 5.73 Å². The zero-order valence-corrected chi connectivity index (χ0v) is 12.9. The van der Waals surface area contributed by atoms with Gasteiger partial charge < -0.3 is 15.4 Å². The molecule has 2 rings (SSSR count). The number of nitrogens with zero attached hydrogens (tertiary/aromatic N) is 2. The van der Waals surface area contributed by atoms with Gasteiger partial charge in [-0.25, -0.2) is 4.39 Å². The van der Waals surface area contributed by atoms with Gasteiger partial charge in [0.2, 0.25) is 0 Å². The molecule has 21 heavy (non-hydrogen) atoms. The molecule has 0 amide bonds. The van der Waals surface area contributed by atoms with Crippen molar-refractivity contribution in [3.8, 4) is 5.75 Å². The summed E-state index contributed by atoms with van der Waals surface area (Å²) in [5, 5.41) is 0. The Morgan fingerprint density at radius 3 is 2.67 bits per heavy atom. The van der Waals surface area contributed by atoms with Crippen molar-refractivity contribution in [1.82, 2.24) is 9.80 Å². The largest absolute Gasteiger partial charge is 0.494 e. The Kier molecular flexibility index (Phi) is 6.42. The maximum Gasteiger partial charge on any atom is 0.165 e. The van der Waals surface area contributed by atoms with Crippen LogP contribution in [0.15, 0.2) is 18.2 Å². The van der Waals surface area contributed by atoms with Crippen LogP contribution in [0.5, 0.6) is 5.75 Å². The van der Waals surface area contributed by atoms with Crippen LogP contribution in [0.2, 0.25) is 0 Å². The Balaban J connectivity index is 1.87. The maximum atomic E-state index is 13.7. The van der Waals surface area contributed by atoms with Crippen LogP contribution in [0.3, 0.4) is 0 Å². The first kappa shape index (κ1) is 16.2. The van der Waals surface area contributed by atoms with Crippen LogP contribution in [0.25, 0.3) is 0 Å². The minimum absolute atomic E-state index is 0.283. The number of hydrogen-bond acceptors (Lipinski definition) is 4. The molecule has 5 heteroatoms. The van der Waals surface area contributed by atoms with Gasteiger partial charge in [-0.2, -0.15) is 0 Å². The predicted octanol–water partition coefficient (Wildman–Crippen LogP) is 1.69. The lowest BCUT2D eigenvalue weighted by atomic mass is 10.2. The van der Waals surface area contributed by atoms with Crippen LogP contribution in [-0.4, -0.2) is 56.2 Å². The molecule has 1 heterocycles. The lowest BCUT2D eigenvalue weighted by Gasteiger charge is -2.21. The van der Waals surface area contributed by atoms with E-state index < -0.39 is 0 Å². The second kappa shape index (κ2) is 8.32. The fourth-order valence-corrected chi connectivity index (χ4v) is 2.79. The Morgan fingerprint density at radius 1 is 1.19 bits per heavy atom. The molecule has 0 aromatic heterocycles. The van der Waals surface area contributed by atoms with Gasteiger partial charge in [-0.1, -0.05) is 6.07 Å². The van der Waals surface area contributed by atoms with E-state index >= 15 is 0 Å². The molecule has 0 spiro atoms. The minimum atomic E-state index is -0.283. The highest BCUT2D eigenvalue weighted by Gasteiger charge is 2.15. The number of halogens is 1. The molecular weight excluding hydrogens is 269 g/mol. The third-order valence-corrected chi connectivity index (χ3v) is 3.98. The summed E-state index contributed by atoms with van der Waals surface area (Å²) >= 11 is 0. The zero-order valence-electron chi connectivity index (χ0n) is 12.9. The summed E-state index contributed by atoms with van der Waals surface area (Å²) in [6.45, 7) is 6.93. The van der Waals surface area contributed by atoms with Crippen molar-refractivity contribution in [2.75, 3.05) is 46.4 Å². The summed E-state index contributed by atoms with van der Waals surface area (Å²) in [7, 11) is 1.49. The van der Waals surface area contributed by atoms with Crippen molar-refractivity contribution >= 4 is 0 Å². The number of ether oxygens (including phenoxy) is 1. The summed E-state index contributed by atoms with van der Waals surface area (Å²) in [5.41, 5.74) is 6.57. The molecule has 0 aliphatic carbocycles. The smallest absolute Gasteiger partial charge is 0.165 e. The van der Waals surface area contributed by atoms with Crippen molar-refractivity contribution in [3.63, 3.8) is 0 Å². The Morgan fingerprint density at radius 2 is 1.95 bits per heavy atom. The van der Waals surface area contributed by atoms with E-state index in [1.807, 2.05) is 6.07 Å². The summed E-state index contributed by atoms with van der Waals surface area (Å²) < 4.78 is 18.7. The molecule has 1 aliphatic rings. The van der Waals surface area contributed by atoms with Crippen molar-refractivity contribution in [2.45, 2.75) is 19.4 Å². The molecule has 0 radical (unpaired) electrons. The van der Waals surface area contributed by atoms with E-state index in [4.69, 9.17) is 10.5 Å². The van der Waals surface area contributed by atoms with Crippen LogP contribution in [-0.2, 0) is 6.54 Å². The van der Waals surface area contributed by atoms with Gasteiger partial charge >= 0.3 is 0 Å². The van der Waals surface area contributed by atoms with Gasteiger partial charge in [0.15, 0.2) is 11.6 Å². The Labute approximate surface area is 126 Å². The Bertz CT molecular complexity index is 442. The molecule has 2 N–H and O–H groups in total. The van der Waals surface area contributed by atoms with E-state index in [0.717, 1.165) is 64.2 Å². The third-order valence-electron chi connectivity index (χ3n) is 3.98. The molecule has 4 nitrogen and oxygen atoms in total. The van der Waals surface area contributed by atoms with Crippen LogP contribution < -0.4 is 10.5 Å². The molecule has 1 fully saturated rings. The minimum Gasteiger partial charge on any atom is -0.494 e. The average molecular weight is 295 g/mol. The molecule has 1 aromatic carbocycles. The summed E-state index contributed by atoms with van der Waals surface area (Å²) in [6, 6.07) is 5.23. The van der Waals surface area contributed by atoms with Gasteiger partial charge in [0.25, 0.3) is 0 Å². The third kappa shape index (κ3) is 4.95. The molecule has 118 valence electrons. The molecule has 0 bridgehead atoms. The van der Waals surface area contributed by atoms with Crippen molar-refractivity contribution in [3.05, 3.63) is 29.6 Å². The highest BCUT2D eigenvalue weighted by atomic mass is 19.1. The molecule has 0 unspecified atom stereocenters. The normalized spacial score (nSPS) is 17.7. The number of nitrogens with two attached hydrogens (primary N) is 1. The molecule has 1 aliphatic heterocycles. The second-order valence-electron chi connectivity index (χ2n) is 5.58. The molecule has 1 saturated heterocycles. The quantitative estimate of drug-likeness (QED) is 0.867. The van der Waals surface area contributed by atoms with Crippen molar-refractivity contribution < 1.29 is 9.13 Å². The zero-order chi connectivity index (χ0) is 15.1. The van der Waals surface area contributed by atoms with Crippen molar-refractivity contribution in [1.29, 1.82) is 0 Å². The molecule has 1 aromatic rings. The first-order chi connectivity index (χ1) is 10.2. The van der Waals surface area contributed by atoms with Gasteiger partial charge in [-0.05, 0) is 56.7 Å². The fraction of sp³-hybridized carbons (Fsp3) is 0.625. The number of methoxy groups -OCH3 is 1. The van der Waals surface area contributed by atoms with E-state index in [1.165, 1.54) is 7.11 Å². The number of hydrogen-bond donors (Lipinski definition) is 1. The van der Waals surface area contributed by atoms with Gasteiger partial charge in [0.1, 0.15) is 0 Å². The summed E-state index contributed by atoms with van der Waals surface area (Å²) in [6.07, 6.45) is 2.22. The average Bonchev–Trinajstić information content (AvgIpc) is 2.71. The Hall–Kier alpha value is -1.17. The first-order valence-electron chi connectivity index (χ1n) is 7.70. The SMILES string of the molecule is COc1ccc(CN2CCCN(CCCN)CC2)cc1F. The first-order valence-corrected chi connectivity index (χ1v) is 7.70. The second-order valence-corrected chi connectivity index (χ2v) is 5.58. The maximum absolute atomic E-state index is 13.7. The number of rotatable bonds is 6. The topological polar surface area (TPSA) is 41.7 Å². The van der Waals surface area contributed by atoms with E-state index in [9.17, 15) is 4.39 Å². The summed E-state index contributed by atoms with van der Waals surface area (Å²) in [5.74, 6) is 0.0250. The van der Waals surface area contributed by atoms with Gasteiger partial charge in [0.05, 0.1) is 7.11 Å². The monoisotopic (exact) mass is 295 g/mol. The highest BCUT2D eigenvalue weighted by molar-refractivity contribution is 5.29. The number of benzene rings is 1. The summed E-state index contributed by atoms with van der Waals surface area (Å²) in [4.78, 5) is 4.87. The lowest BCUT2D eigenvalue weighted by Crippen LogP contribution is -2.31. The van der Waals surface area contributed by atoms with E-state index in [-0.39, 0.29) is 5.82 Å². The molecule has 0 saturated carbocycles. The van der Waals surface area contributed by atoms with Crippen LogP contribution in [0.4, 0.5) is 4.39 Å². The lowest BCUT2D eigenvalue weighted by molar-refractivity contribution is 0.250. The van der Waals surface area contributed by atoms with Crippen LogP contribution in [0, 0.1) is 5.82 Å². The van der Waals surface area contributed by atoms with E-state index in [2.05, 4.69) is 9.80 Å². The van der Waals surface area contributed by atoms with Gasteiger partial charge in [-0.3, -0.25) is 4.90 Å². The fourth-order valence-electron chi connectivity index (χ4n) is 2.79. The van der Waals surface area contributed by atoms with E-state index in [1.54, 1.807) is 12.1 Å². The highest BCUT2D eigenvalue weighted by Crippen LogP contribution is 2.19. The van der Waals surface area contributed by atoms with Crippen LogP contribution in [0.1, 0.15) is 18.4 Å². The van der Waals surface area contributed by atoms with Gasteiger partial charge in [0, 0.05) is 19.6 Å². The van der Waals surface area contributed by atoms with Crippen LogP contribution >= 0.6 is 0 Å². The van der Waals surface area contributed by atoms with Gasteiger partial charge in [-0.15, -0.1) is 0 Å². The molecular formula is C16H26FN3O. The van der Waals surface area contributed by atoms with E-state index in [0.29, 0.717) is 5.75 Å². The predicted molar refractivity (Wildman–Crippen MR) is 83.0 cm³/mol. The molecule has 0 atom stereocenters.